The lowest BCUT2D eigenvalue weighted by Gasteiger charge is -2.14. The Bertz CT molecular complexity index is 362. The molecule has 1 atom stereocenters. The minimum Gasteiger partial charge on any atom is -0.489 e. The lowest BCUT2D eigenvalue weighted by Crippen LogP contribution is -2.08. The highest BCUT2D eigenvalue weighted by molar-refractivity contribution is 6.32. The van der Waals surface area contributed by atoms with E-state index in [1.54, 1.807) is 0 Å². The molecule has 0 amide bonds. The number of benzene rings is 1. The summed E-state index contributed by atoms with van der Waals surface area (Å²) < 4.78 is 5.62. The molecule has 2 rings (SSSR count). The van der Waals surface area contributed by atoms with Gasteiger partial charge in [0.15, 0.2) is 0 Å². The van der Waals surface area contributed by atoms with Gasteiger partial charge in [-0.25, -0.2) is 0 Å². The van der Waals surface area contributed by atoms with Crippen molar-refractivity contribution >= 4 is 24.0 Å². The Morgan fingerprint density at radius 1 is 1.41 bits per heavy atom. The molecule has 0 aliphatic carbocycles. The van der Waals surface area contributed by atoms with Gasteiger partial charge < -0.3 is 10.1 Å². The Labute approximate surface area is 114 Å². The summed E-state index contributed by atoms with van der Waals surface area (Å²) in [6, 6.07) is 6.15. The summed E-state index contributed by atoms with van der Waals surface area (Å²) in [6.07, 6.45) is 1.36. The lowest BCUT2D eigenvalue weighted by molar-refractivity contribution is 0.242. The van der Waals surface area contributed by atoms with Crippen LogP contribution in [0.1, 0.15) is 31.7 Å². The third kappa shape index (κ3) is 3.77. The number of hydrogen-bond donors (Lipinski definition) is 1. The molecule has 1 heterocycles. The highest BCUT2D eigenvalue weighted by Gasteiger charge is 2.17. The SMILES string of the molecule is CC(C)Oc1ccc(C2CCNC2)cc1Cl.Cl. The zero-order valence-corrected chi connectivity index (χ0v) is 11.8. The molecule has 0 radical (unpaired) electrons. The first-order valence-electron chi connectivity index (χ1n) is 5.83. The van der Waals surface area contributed by atoms with E-state index in [1.165, 1.54) is 12.0 Å². The van der Waals surface area contributed by atoms with Crippen LogP contribution < -0.4 is 10.1 Å². The topological polar surface area (TPSA) is 21.3 Å². The molecule has 0 aromatic heterocycles. The first-order valence-corrected chi connectivity index (χ1v) is 6.21. The number of hydrogen-bond acceptors (Lipinski definition) is 2. The van der Waals surface area contributed by atoms with Gasteiger partial charge in [-0.15, -0.1) is 12.4 Å². The van der Waals surface area contributed by atoms with Crippen molar-refractivity contribution in [3.8, 4) is 5.75 Å². The predicted octanol–water partition coefficient (Wildman–Crippen LogP) is 3.63. The van der Waals surface area contributed by atoms with E-state index in [2.05, 4.69) is 11.4 Å². The summed E-state index contributed by atoms with van der Waals surface area (Å²) in [4.78, 5) is 0. The summed E-state index contributed by atoms with van der Waals surface area (Å²) >= 11 is 6.21. The van der Waals surface area contributed by atoms with Gasteiger partial charge in [0, 0.05) is 6.54 Å². The molecule has 4 heteroatoms. The second-order valence-corrected chi connectivity index (χ2v) is 4.95. The zero-order chi connectivity index (χ0) is 11.5. The Morgan fingerprint density at radius 3 is 2.71 bits per heavy atom. The second-order valence-electron chi connectivity index (χ2n) is 4.55. The molecule has 17 heavy (non-hydrogen) atoms. The number of nitrogens with one attached hydrogen (secondary N) is 1. The molecule has 1 aliphatic heterocycles. The smallest absolute Gasteiger partial charge is 0.138 e. The van der Waals surface area contributed by atoms with Crippen molar-refractivity contribution in [2.45, 2.75) is 32.3 Å². The van der Waals surface area contributed by atoms with Gasteiger partial charge in [0.2, 0.25) is 0 Å². The summed E-state index contributed by atoms with van der Waals surface area (Å²) in [6.45, 7) is 6.17. The van der Waals surface area contributed by atoms with Crippen LogP contribution >= 0.6 is 24.0 Å². The minimum atomic E-state index is 0. The van der Waals surface area contributed by atoms with Gasteiger partial charge in [0.25, 0.3) is 0 Å². The van der Waals surface area contributed by atoms with Gasteiger partial charge >= 0.3 is 0 Å². The number of halogens is 2. The zero-order valence-electron chi connectivity index (χ0n) is 10.2. The van der Waals surface area contributed by atoms with Crippen molar-refractivity contribution in [1.29, 1.82) is 0 Å². The van der Waals surface area contributed by atoms with E-state index in [0.717, 1.165) is 23.9 Å². The van der Waals surface area contributed by atoms with Gasteiger partial charge in [-0.05, 0) is 50.4 Å². The van der Waals surface area contributed by atoms with Crippen LogP contribution in [0.4, 0.5) is 0 Å². The fourth-order valence-electron chi connectivity index (χ4n) is 2.06. The molecular weight excluding hydrogens is 257 g/mol. The number of rotatable bonds is 3. The Kier molecular flexibility index (Phi) is 5.57. The highest BCUT2D eigenvalue weighted by atomic mass is 35.5. The van der Waals surface area contributed by atoms with Gasteiger partial charge in [0.05, 0.1) is 11.1 Å². The summed E-state index contributed by atoms with van der Waals surface area (Å²) in [5.41, 5.74) is 1.31. The first-order chi connectivity index (χ1) is 7.66. The van der Waals surface area contributed by atoms with Crippen molar-refractivity contribution in [3.05, 3.63) is 28.8 Å². The van der Waals surface area contributed by atoms with Crippen molar-refractivity contribution in [3.63, 3.8) is 0 Å². The maximum absolute atomic E-state index is 6.21. The molecule has 1 aromatic rings. The summed E-state index contributed by atoms with van der Waals surface area (Å²) in [5.74, 6) is 1.39. The average molecular weight is 276 g/mol. The van der Waals surface area contributed by atoms with E-state index in [1.807, 2.05) is 26.0 Å². The Morgan fingerprint density at radius 2 is 2.18 bits per heavy atom. The standard InChI is InChI=1S/C13H18ClNO.ClH/c1-9(2)16-13-4-3-10(7-12(13)14)11-5-6-15-8-11;/h3-4,7,9,11,15H,5-6,8H2,1-2H3;1H. The van der Waals surface area contributed by atoms with E-state index in [0.29, 0.717) is 5.92 Å². The molecule has 1 fully saturated rings. The molecule has 1 aliphatic rings. The molecule has 1 unspecified atom stereocenters. The van der Waals surface area contributed by atoms with Crippen LogP contribution in [0.3, 0.4) is 0 Å². The van der Waals surface area contributed by atoms with Gasteiger partial charge in [-0.3, -0.25) is 0 Å². The van der Waals surface area contributed by atoms with Crippen LogP contribution in [0, 0.1) is 0 Å². The number of ether oxygens (including phenoxy) is 1. The molecule has 2 nitrogen and oxygen atoms in total. The molecule has 0 spiro atoms. The molecule has 1 saturated heterocycles. The fourth-order valence-corrected chi connectivity index (χ4v) is 2.29. The van der Waals surface area contributed by atoms with Crippen molar-refractivity contribution in [1.82, 2.24) is 5.32 Å². The second kappa shape index (κ2) is 6.48. The quantitative estimate of drug-likeness (QED) is 0.910. The van der Waals surface area contributed by atoms with Crippen LogP contribution in [-0.2, 0) is 0 Å². The van der Waals surface area contributed by atoms with E-state index in [9.17, 15) is 0 Å². The van der Waals surface area contributed by atoms with Crippen LogP contribution in [0.15, 0.2) is 18.2 Å². The van der Waals surface area contributed by atoms with Gasteiger partial charge in [0.1, 0.15) is 5.75 Å². The molecular formula is C13H19Cl2NO. The summed E-state index contributed by atoms with van der Waals surface area (Å²) in [7, 11) is 0. The minimum absolute atomic E-state index is 0. The Balaban J connectivity index is 0.00000144. The van der Waals surface area contributed by atoms with Crippen LogP contribution in [0.2, 0.25) is 5.02 Å². The van der Waals surface area contributed by atoms with Gasteiger partial charge in [-0.2, -0.15) is 0 Å². The van der Waals surface area contributed by atoms with E-state index in [4.69, 9.17) is 16.3 Å². The third-order valence-electron chi connectivity index (χ3n) is 2.85. The van der Waals surface area contributed by atoms with E-state index < -0.39 is 0 Å². The van der Waals surface area contributed by atoms with Gasteiger partial charge in [-0.1, -0.05) is 17.7 Å². The first kappa shape index (κ1) is 14.6. The monoisotopic (exact) mass is 275 g/mol. The van der Waals surface area contributed by atoms with E-state index >= 15 is 0 Å². The molecule has 1 N–H and O–H groups in total. The van der Waals surface area contributed by atoms with Crippen LogP contribution in [0.5, 0.6) is 5.75 Å². The van der Waals surface area contributed by atoms with Crippen molar-refractivity contribution in [2.75, 3.05) is 13.1 Å². The third-order valence-corrected chi connectivity index (χ3v) is 3.15. The molecule has 0 bridgehead atoms. The molecule has 96 valence electrons. The fraction of sp³-hybridized carbons (Fsp3) is 0.538. The lowest BCUT2D eigenvalue weighted by atomic mass is 9.98. The van der Waals surface area contributed by atoms with E-state index in [-0.39, 0.29) is 18.5 Å². The van der Waals surface area contributed by atoms with Crippen LogP contribution in [0.25, 0.3) is 0 Å². The maximum Gasteiger partial charge on any atom is 0.138 e. The van der Waals surface area contributed by atoms with Crippen LogP contribution in [-0.4, -0.2) is 19.2 Å². The normalized spacial score (nSPS) is 19.2. The molecule has 0 saturated carbocycles. The highest BCUT2D eigenvalue weighted by Crippen LogP contribution is 2.31. The molecule has 1 aromatic carbocycles. The average Bonchev–Trinajstić information content (AvgIpc) is 2.73. The van der Waals surface area contributed by atoms with Crippen molar-refractivity contribution in [2.24, 2.45) is 0 Å². The predicted molar refractivity (Wildman–Crippen MR) is 74.7 cm³/mol. The summed E-state index contributed by atoms with van der Waals surface area (Å²) in [5, 5.41) is 4.08. The largest absolute Gasteiger partial charge is 0.489 e. The Hall–Kier alpha value is -0.440. The van der Waals surface area contributed by atoms with Crippen molar-refractivity contribution < 1.29 is 4.74 Å². The maximum atomic E-state index is 6.21.